The predicted octanol–water partition coefficient (Wildman–Crippen LogP) is 2.76. The van der Waals surface area contributed by atoms with E-state index in [1.54, 1.807) is 12.5 Å². The Hall–Kier alpha value is -1.57. The molecule has 0 amide bonds. The molecule has 1 aromatic heterocycles. The first-order valence-electron chi connectivity index (χ1n) is 4.60. The maximum absolute atomic E-state index is 5.29. The van der Waals surface area contributed by atoms with Gasteiger partial charge in [0.1, 0.15) is 7.05 Å². The van der Waals surface area contributed by atoms with Crippen LogP contribution >= 0.6 is 0 Å². The van der Waals surface area contributed by atoms with E-state index < -0.39 is 0 Å². The summed E-state index contributed by atoms with van der Waals surface area (Å²) in [7, 11) is 1.98. The van der Waals surface area contributed by atoms with Crippen molar-refractivity contribution in [2.24, 2.45) is 7.05 Å². The largest absolute Gasteiger partial charge is 0.404 e. The summed E-state index contributed by atoms with van der Waals surface area (Å²) in [6.07, 6.45) is 3.47. The molecule has 2 rings (SSSR count). The third-order valence-electron chi connectivity index (χ3n) is 1.89. The molecule has 0 radical (unpaired) electrons. The summed E-state index contributed by atoms with van der Waals surface area (Å²) in [6, 6.07) is 6.06. The molecule has 0 aliphatic carbocycles. The molecule has 0 aliphatic rings. The van der Waals surface area contributed by atoms with Crippen LogP contribution in [0.1, 0.15) is 12.5 Å². The summed E-state index contributed by atoms with van der Waals surface area (Å²) in [5, 5.41) is 0. The van der Waals surface area contributed by atoms with Crippen molar-refractivity contribution < 1.29 is 8.98 Å². The van der Waals surface area contributed by atoms with E-state index >= 15 is 0 Å². The van der Waals surface area contributed by atoms with Crippen molar-refractivity contribution in [1.29, 1.82) is 0 Å². The molecule has 1 heterocycles. The maximum Gasteiger partial charge on any atom is 0.335 e. The van der Waals surface area contributed by atoms with Crippen LogP contribution in [-0.2, 0) is 7.05 Å². The zero-order chi connectivity index (χ0) is 10.6. The molecular formula is C12H16NO+. The molecule has 2 aromatic rings. The van der Waals surface area contributed by atoms with Crippen LogP contribution < -0.4 is 4.57 Å². The summed E-state index contributed by atoms with van der Waals surface area (Å²) < 4.78 is 7.28. The average Bonchev–Trinajstić information content (AvgIpc) is 2.51. The van der Waals surface area contributed by atoms with Gasteiger partial charge in [-0.05, 0) is 19.9 Å². The van der Waals surface area contributed by atoms with Gasteiger partial charge in [0.05, 0.1) is 0 Å². The van der Waals surface area contributed by atoms with Crippen LogP contribution in [-0.4, -0.2) is 0 Å². The lowest BCUT2D eigenvalue weighted by atomic mass is 10.2. The van der Waals surface area contributed by atoms with Crippen molar-refractivity contribution in [2.75, 3.05) is 0 Å². The van der Waals surface area contributed by atoms with Crippen molar-refractivity contribution >= 4 is 11.1 Å². The standard InChI is InChI=1S/C9H10NO.C3H6/c1-7-4-3-5-8-9(7)10(2)6-11-8;1-3-2/h3-6H,1-2H3;3H,1H2,2H3/q+1;. The maximum atomic E-state index is 5.29. The Bertz CT molecular complexity index is 429. The Kier molecular flexibility index (Phi) is 3.46. The van der Waals surface area contributed by atoms with Gasteiger partial charge in [-0.3, -0.25) is 0 Å². The lowest BCUT2D eigenvalue weighted by Gasteiger charge is -1.87. The lowest BCUT2D eigenvalue weighted by molar-refractivity contribution is -0.650. The molecule has 14 heavy (non-hydrogen) atoms. The van der Waals surface area contributed by atoms with Crippen molar-refractivity contribution in [1.82, 2.24) is 0 Å². The fraction of sp³-hybridized carbons (Fsp3) is 0.250. The summed E-state index contributed by atoms with van der Waals surface area (Å²) in [5.74, 6) is 0. The van der Waals surface area contributed by atoms with Crippen LogP contribution in [0.3, 0.4) is 0 Å². The summed E-state index contributed by atoms with van der Waals surface area (Å²) >= 11 is 0. The van der Waals surface area contributed by atoms with Crippen molar-refractivity contribution in [3.63, 3.8) is 0 Å². The minimum absolute atomic E-state index is 0.951. The van der Waals surface area contributed by atoms with Crippen molar-refractivity contribution in [3.8, 4) is 0 Å². The van der Waals surface area contributed by atoms with E-state index in [1.165, 1.54) is 11.1 Å². The fourth-order valence-electron chi connectivity index (χ4n) is 1.37. The zero-order valence-corrected chi connectivity index (χ0v) is 8.95. The summed E-state index contributed by atoms with van der Waals surface area (Å²) in [5.41, 5.74) is 3.37. The number of benzene rings is 1. The highest BCUT2D eigenvalue weighted by Crippen LogP contribution is 2.13. The molecule has 0 spiro atoms. The molecule has 0 saturated carbocycles. The summed E-state index contributed by atoms with van der Waals surface area (Å²) in [6.45, 7) is 7.33. The molecule has 1 aromatic carbocycles. The van der Waals surface area contributed by atoms with Gasteiger partial charge in [-0.25, -0.2) is 0 Å². The van der Waals surface area contributed by atoms with E-state index in [1.807, 2.05) is 30.7 Å². The Balaban J connectivity index is 0.000000293. The molecule has 0 aliphatic heterocycles. The van der Waals surface area contributed by atoms with Gasteiger partial charge in [0.2, 0.25) is 5.58 Å². The van der Waals surface area contributed by atoms with Gasteiger partial charge in [-0.1, -0.05) is 18.2 Å². The number of oxazole rings is 1. The van der Waals surface area contributed by atoms with E-state index in [0.29, 0.717) is 0 Å². The first kappa shape index (κ1) is 10.5. The van der Waals surface area contributed by atoms with Crippen LogP contribution in [0.25, 0.3) is 11.1 Å². The Morgan fingerprint density at radius 2 is 2.07 bits per heavy atom. The SMILES string of the molecule is C=CC.Cc1cccc2oc[n+](C)c12. The van der Waals surface area contributed by atoms with Crippen LogP contribution in [0.2, 0.25) is 0 Å². The smallest absolute Gasteiger partial charge is 0.335 e. The Morgan fingerprint density at radius 1 is 1.43 bits per heavy atom. The molecule has 0 saturated heterocycles. The minimum Gasteiger partial charge on any atom is -0.404 e. The molecule has 2 nitrogen and oxygen atoms in total. The molecule has 0 fully saturated rings. The Morgan fingerprint density at radius 3 is 2.64 bits per heavy atom. The molecule has 74 valence electrons. The first-order chi connectivity index (χ1) is 6.70. The van der Waals surface area contributed by atoms with E-state index in [9.17, 15) is 0 Å². The second kappa shape index (κ2) is 4.61. The normalized spacial score (nSPS) is 9.36. The number of aromatic nitrogens is 1. The first-order valence-corrected chi connectivity index (χ1v) is 4.60. The van der Waals surface area contributed by atoms with Crippen molar-refractivity contribution in [3.05, 3.63) is 42.8 Å². The molecule has 0 unspecified atom stereocenters. The number of hydrogen-bond acceptors (Lipinski definition) is 1. The topological polar surface area (TPSA) is 17.0 Å². The molecule has 0 bridgehead atoms. The predicted molar refractivity (Wildman–Crippen MR) is 58.0 cm³/mol. The van der Waals surface area contributed by atoms with Gasteiger partial charge in [0, 0.05) is 5.56 Å². The van der Waals surface area contributed by atoms with Gasteiger partial charge in [-0.2, -0.15) is 4.57 Å². The molecular weight excluding hydrogens is 174 g/mol. The number of aryl methyl sites for hydroxylation is 2. The molecule has 0 atom stereocenters. The molecule has 0 N–H and O–H groups in total. The van der Waals surface area contributed by atoms with E-state index in [2.05, 4.69) is 19.6 Å². The van der Waals surface area contributed by atoms with Gasteiger partial charge in [-0.15, -0.1) is 6.58 Å². The number of fused-ring (bicyclic) bond motifs is 1. The van der Waals surface area contributed by atoms with Gasteiger partial charge < -0.3 is 4.42 Å². The van der Waals surface area contributed by atoms with E-state index in [-0.39, 0.29) is 0 Å². The van der Waals surface area contributed by atoms with Crippen LogP contribution in [0.15, 0.2) is 41.7 Å². The number of nitrogens with zero attached hydrogens (tertiary/aromatic N) is 1. The highest BCUT2D eigenvalue weighted by atomic mass is 16.3. The van der Waals surface area contributed by atoms with Gasteiger partial charge in [0.15, 0.2) is 0 Å². The fourth-order valence-corrected chi connectivity index (χ4v) is 1.37. The number of para-hydroxylation sites is 1. The average molecular weight is 190 g/mol. The lowest BCUT2D eigenvalue weighted by Crippen LogP contribution is -2.25. The monoisotopic (exact) mass is 190 g/mol. The third kappa shape index (κ3) is 2.02. The van der Waals surface area contributed by atoms with Crippen LogP contribution in [0.4, 0.5) is 0 Å². The van der Waals surface area contributed by atoms with Crippen molar-refractivity contribution in [2.45, 2.75) is 13.8 Å². The minimum atomic E-state index is 0.951. The third-order valence-corrected chi connectivity index (χ3v) is 1.89. The second-order valence-electron chi connectivity index (χ2n) is 3.16. The zero-order valence-electron chi connectivity index (χ0n) is 8.95. The van der Waals surface area contributed by atoms with E-state index in [0.717, 1.165) is 5.58 Å². The van der Waals surface area contributed by atoms with Gasteiger partial charge in [0.25, 0.3) is 5.52 Å². The quantitative estimate of drug-likeness (QED) is 0.461. The van der Waals surface area contributed by atoms with Crippen LogP contribution in [0, 0.1) is 6.92 Å². The van der Waals surface area contributed by atoms with Gasteiger partial charge >= 0.3 is 6.39 Å². The second-order valence-corrected chi connectivity index (χ2v) is 3.16. The van der Waals surface area contributed by atoms with E-state index in [4.69, 9.17) is 4.42 Å². The summed E-state index contributed by atoms with van der Waals surface area (Å²) in [4.78, 5) is 0. The molecule has 2 heteroatoms. The number of rotatable bonds is 0. The highest BCUT2D eigenvalue weighted by Gasteiger charge is 2.10. The Labute approximate surface area is 84.5 Å². The highest BCUT2D eigenvalue weighted by molar-refractivity contribution is 5.72. The van der Waals surface area contributed by atoms with Crippen LogP contribution in [0.5, 0.6) is 0 Å². The number of hydrogen-bond donors (Lipinski definition) is 0. The number of allylic oxidation sites excluding steroid dienone is 1.